The Labute approximate surface area is 112 Å². The molecule has 0 atom stereocenters. The van der Waals surface area contributed by atoms with Gasteiger partial charge in [0.1, 0.15) is 5.75 Å². The Morgan fingerprint density at radius 2 is 1.79 bits per heavy atom. The van der Waals surface area contributed by atoms with E-state index in [1.807, 2.05) is 44.2 Å². The first-order valence-corrected chi connectivity index (χ1v) is 6.02. The van der Waals surface area contributed by atoms with E-state index in [-0.39, 0.29) is 0 Å². The number of ether oxygens (including phenoxy) is 1. The van der Waals surface area contributed by atoms with Crippen molar-refractivity contribution in [3.8, 4) is 16.9 Å². The molecule has 0 fully saturated rings. The molecule has 1 N–H and O–H groups in total. The minimum Gasteiger partial charge on any atom is -0.497 e. The molecule has 0 aromatic heterocycles. The van der Waals surface area contributed by atoms with Crippen molar-refractivity contribution in [1.29, 1.82) is 0 Å². The summed E-state index contributed by atoms with van der Waals surface area (Å²) in [5.74, 6) is -0.143. The number of aryl methyl sites for hydroxylation is 2. The van der Waals surface area contributed by atoms with Gasteiger partial charge in [0.05, 0.1) is 12.7 Å². The largest absolute Gasteiger partial charge is 0.497 e. The monoisotopic (exact) mass is 256 g/mol. The first-order valence-electron chi connectivity index (χ1n) is 6.02. The molecule has 2 rings (SSSR count). The number of hydrogen-bond acceptors (Lipinski definition) is 2. The molecular formula is C16H16O3. The third-order valence-corrected chi connectivity index (χ3v) is 3.13. The van der Waals surface area contributed by atoms with Crippen LogP contribution in [0.1, 0.15) is 21.5 Å². The average Bonchev–Trinajstić information content (AvgIpc) is 2.38. The topological polar surface area (TPSA) is 46.5 Å². The molecule has 2 aromatic rings. The predicted molar refractivity (Wildman–Crippen MR) is 74.9 cm³/mol. The molecule has 19 heavy (non-hydrogen) atoms. The summed E-state index contributed by atoms with van der Waals surface area (Å²) in [5.41, 5.74) is 4.01. The second kappa shape index (κ2) is 5.14. The number of benzene rings is 2. The van der Waals surface area contributed by atoms with E-state index in [4.69, 9.17) is 4.74 Å². The minimum absolute atomic E-state index is 0.318. The van der Waals surface area contributed by atoms with Crippen molar-refractivity contribution in [3.05, 3.63) is 53.1 Å². The van der Waals surface area contributed by atoms with Crippen LogP contribution in [0.4, 0.5) is 0 Å². The van der Waals surface area contributed by atoms with Crippen LogP contribution in [0.5, 0.6) is 5.75 Å². The molecular weight excluding hydrogens is 240 g/mol. The van der Waals surface area contributed by atoms with E-state index in [1.165, 1.54) is 0 Å². The first kappa shape index (κ1) is 13.1. The summed E-state index contributed by atoms with van der Waals surface area (Å²) >= 11 is 0. The highest BCUT2D eigenvalue weighted by molar-refractivity contribution is 5.96. The van der Waals surface area contributed by atoms with Crippen LogP contribution in [0.3, 0.4) is 0 Å². The molecule has 0 amide bonds. The van der Waals surface area contributed by atoms with E-state index in [9.17, 15) is 9.90 Å². The maximum Gasteiger partial charge on any atom is 0.336 e. The lowest BCUT2D eigenvalue weighted by atomic mass is 9.94. The maximum absolute atomic E-state index is 11.3. The van der Waals surface area contributed by atoms with Crippen LogP contribution >= 0.6 is 0 Å². The summed E-state index contributed by atoms with van der Waals surface area (Å²) in [6.07, 6.45) is 0. The summed E-state index contributed by atoms with van der Waals surface area (Å²) in [6.45, 7) is 3.90. The zero-order chi connectivity index (χ0) is 14.0. The van der Waals surface area contributed by atoms with Gasteiger partial charge < -0.3 is 9.84 Å². The minimum atomic E-state index is -0.912. The second-order valence-corrected chi connectivity index (χ2v) is 4.54. The van der Waals surface area contributed by atoms with E-state index in [0.29, 0.717) is 5.56 Å². The van der Waals surface area contributed by atoms with Crippen LogP contribution in [-0.2, 0) is 0 Å². The van der Waals surface area contributed by atoms with Crippen LogP contribution in [0.25, 0.3) is 11.1 Å². The summed E-state index contributed by atoms with van der Waals surface area (Å²) < 4.78 is 5.17. The van der Waals surface area contributed by atoms with Crippen molar-refractivity contribution < 1.29 is 14.6 Å². The zero-order valence-corrected chi connectivity index (χ0v) is 11.2. The Morgan fingerprint density at radius 3 is 2.37 bits per heavy atom. The Balaban J connectivity index is 2.64. The average molecular weight is 256 g/mol. The highest BCUT2D eigenvalue weighted by Gasteiger charge is 2.13. The molecule has 0 saturated carbocycles. The fraction of sp³-hybridized carbons (Fsp3) is 0.188. The molecule has 0 saturated heterocycles. The van der Waals surface area contributed by atoms with Crippen LogP contribution in [0.2, 0.25) is 0 Å². The first-order chi connectivity index (χ1) is 9.02. The zero-order valence-electron chi connectivity index (χ0n) is 11.2. The van der Waals surface area contributed by atoms with Gasteiger partial charge in [0, 0.05) is 0 Å². The molecule has 0 radical (unpaired) electrons. The van der Waals surface area contributed by atoms with E-state index in [1.54, 1.807) is 13.2 Å². The van der Waals surface area contributed by atoms with Crippen molar-refractivity contribution in [3.63, 3.8) is 0 Å². The van der Waals surface area contributed by atoms with Gasteiger partial charge in [0.15, 0.2) is 0 Å². The number of carbonyl (C=O) groups is 1. The summed E-state index contributed by atoms with van der Waals surface area (Å²) in [6, 6.07) is 11.0. The van der Waals surface area contributed by atoms with Crippen molar-refractivity contribution in [2.24, 2.45) is 0 Å². The molecule has 3 nitrogen and oxygen atoms in total. The van der Waals surface area contributed by atoms with Crippen molar-refractivity contribution in [2.45, 2.75) is 13.8 Å². The lowest BCUT2D eigenvalue weighted by Crippen LogP contribution is -2.00. The Kier molecular flexibility index (Phi) is 3.56. The third kappa shape index (κ3) is 2.60. The predicted octanol–water partition coefficient (Wildman–Crippen LogP) is 3.68. The fourth-order valence-electron chi connectivity index (χ4n) is 2.13. The molecule has 3 heteroatoms. The number of aromatic carboxylic acids is 1. The van der Waals surface area contributed by atoms with E-state index in [0.717, 1.165) is 28.0 Å². The number of carboxylic acid groups (broad SMARTS) is 1. The quantitative estimate of drug-likeness (QED) is 0.911. The van der Waals surface area contributed by atoms with E-state index in [2.05, 4.69) is 0 Å². The smallest absolute Gasteiger partial charge is 0.336 e. The maximum atomic E-state index is 11.3. The molecule has 2 aromatic carbocycles. The lowest BCUT2D eigenvalue weighted by Gasteiger charge is -2.12. The molecule has 0 unspecified atom stereocenters. The fourth-order valence-corrected chi connectivity index (χ4v) is 2.13. The van der Waals surface area contributed by atoms with Gasteiger partial charge in [0.25, 0.3) is 0 Å². The Morgan fingerprint density at radius 1 is 1.05 bits per heavy atom. The van der Waals surface area contributed by atoms with Crippen LogP contribution in [-0.4, -0.2) is 18.2 Å². The highest BCUT2D eigenvalue weighted by atomic mass is 16.5. The third-order valence-electron chi connectivity index (χ3n) is 3.13. The van der Waals surface area contributed by atoms with Crippen molar-refractivity contribution in [2.75, 3.05) is 7.11 Å². The van der Waals surface area contributed by atoms with Crippen LogP contribution < -0.4 is 4.74 Å². The van der Waals surface area contributed by atoms with Gasteiger partial charge in [-0.25, -0.2) is 4.79 Å². The summed E-state index contributed by atoms with van der Waals surface area (Å²) in [5, 5.41) is 9.28. The highest BCUT2D eigenvalue weighted by Crippen LogP contribution is 2.30. The van der Waals surface area contributed by atoms with Gasteiger partial charge in [-0.1, -0.05) is 23.8 Å². The number of carboxylic acids is 1. The van der Waals surface area contributed by atoms with Crippen molar-refractivity contribution in [1.82, 2.24) is 0 Å². The molecule has 0 heterocycles. The van der Waals surface area contributed by atoms with Gasteiger partial charge in [-0.15, -0.1) is 0 Å². The lowest BCUT2D eigenvalue weighted by molar-refractivity contribution is 0.0698. The molecule has 0 aliphatic carbocycles. The molecule has 0 spiro atoms. The number of methoxy groups -OCH3 is 1. The van der Waals surface area contributed by atoms with Crippen LogP contribution in [0, 0.1) is 13.8 Å². The van der Waals surface area contributed by atoms with Gasteiger partial charge >= 0.3 is 5.97 Å². The number of hydrogen-bond donors (Lipinski definition) is 1. The normalized spacial score (nSPS) is 10.3. The molecule has 0 aliphatic rings. The molecule has 98 valence electrons. The van der Waals surface area contributed by atoms with Gasteiger partial charge in [-0.3, -0.25) is 0 Å². The van der Waals surface area contributed by atoms with E-state index >= 15 is 0 Å². The summed E-state index contributed by atoms with van der Waals surface area (Å²) in [4.78, 5) is 11.3. The molecule has 0 bridgehead atoms. The standard InChI is InChI=1S/C16H16O3/c1-10-4-6-14(16(17)18)15(8-10)13-7-5-12(19-3)9-11(13)2/h4-9H,1-3H3,(H,17,18). The SMILES string of the molecule is COc1ccc(-c2cc(C)ccc2C(=O)O)c(C)c1. The summed E-state index contributed by atoms with van der Waals surface area (Å²) in [7, 11) is 1.61. The Bertz CT molecular complexity index is 630. The molecule has 0 aliphatic heterocycles. The van der Waals surface area contributed by atoms with Crippen molar-refractivity contribution >= 4 is 5.97 Å². The van der Waals surface area contributed by atoms with Gasteiger partial charge in [0.2, 0.25) is 0 Å². The Hall–Kier alpha value is -2.29. The number of rotatable bonds is 3. The van der Waals surface area contributed by atoms with E-state index < -0.39 is 5.97 Å². The second-order valence-electron chi connectivity index (χ2n) is 4.54. The van der Waals surface area contributed by atoms with Gasteiger partial charge in [-0.2, -0.15) is 0 Å². The van der Waals surface area contributed by atoms with Crippen LogP contribution in [0.15, 0.2) is 36.4 Å². The van der Waals surface area contributed by atoms with Gasteiger partial charge in [-0.05, 0) is 48.7 Å².